The van der Waals surface area contributed by atoms with Crippen molar-refractivity contribution in [2.24, 2.45) is 5.92 Å². The first-order valence-corrected chi connectivity index (χ1v) is 12.4. The van der Waals surface area contributed by atoms with Crippen LogP contribution < -0.4 is 5.32 Å². The molecule has 1 heterocycles. The van der Waals surface area contributed by atoms with Crippen LogP contribution in [0.3, 0.4) is 0 Å². The first-order chi connectivity index (χ1) is 14.4. The van der Waals surface area contributed by atoms with Crippen LogP contribution >= 0.6 is 11.6 Å². The van der Waals surface area contributed by atoms with E-state index >= 15 is 0 Å². The minimum atomic E-state index is -3.61. The van der Waals surface area contributed by atoms with E-state index in [1.165, 1.54) is 29.3 Å². The average Bonchev–Trinajstić information content (AvgIpc) is 3.01. The quantitative estimate of drug-likeness (QED) is 0.524. The van der Waals surface area contributed by atoms with Gasteiger partial charge in [0, 0.05) is 24.2 Å². The zero-order valence-corrected chi connectivity index (χ0v) is 18.6. The van der Waals surface area contributed by atoms with Crippen molar-refractivity contribution in [3.8, 4) is 0 Å². The molecule has 30 heavy (non-hydrogen) atoms. The lowest BCUT2D eigenvalue weighted by atomic mass is 9.98. The summed E-state index contributed by atoms with van der Waals surface area (Å²) in [6, 6.07) is 6.20. The predicted molar refractivity (Wildman–Crippen MR) is 114 cm³/mol. The highest BCUT2D eigenvalue weighted by Crippen LogP contribution is 2.25. The van der Waals surface area contributed by atoms with Gasteiger partial charge in [0.15, 0.2) is 6.61 Å². The molecular formula is C21H29ClN2O5S. The summed E-state index contributed by atoms with van der Waals surface area (Å²) in [6.45, 7) is 0.191. The Kier molecular flexibility index (Phi) is 8.13. The van der Waals surface area contributed by atoms with Crippen LogP contribution in [0.4, 0.5) is 0 Å². The maximum absolute atomic E-state index is 12.7. The minimum absolute atomic E-state index is 0.167. The van der Waals surface area contributed by atoms with Crippen molar-refractivity contribution in [2.75, 3.05) is 19.7 Å². The number of hydrogen-bond donors (Lipinski definition) is 1. The SMILES string of the molecule is O=C(COC(=O)C1CCN(S(=O)(=O)c2ccc(Cl)cc2)CC1)NC1CCCCCC1. The summed E-state index contributed by atoms with van der Waals surface area (Å²) >= 11 is 5.83. The summed E-state index contributed by atoms with van der Waals surface area (Å²) in [5.74, 6) is -1.10. The summed E-state index contributed by atoms with van der Waals surface area (Å²) in [7, 11) is -3.61. The van der Waals surface area contributed by atoms with Crippen molar-refractivity contribution in [3.05, 3.63) is 29.3 Å². The number of ether oxygens (including phenoxy) is 1. The molecular weight excluding hydrogens is 428 g/mol. The lowest BCUT2D eigenvalue weighted by Gasteiger charge is -2.30. The van der Waals surface area contributed by atoms with Gasteiger partial charge in [0.1, 0.15) is 0 Å². The van der Waals surface area contributed by atoms with E-state index in [-0.39, 0.29) is 36.5 Å². The summed E-state index contributed by atoms with van der Waals surface area (Å²) in [5.41, 5.74) is 0. The number of nitrogens with one attached hydrogen (secondary N) is 1. The fourth-order valence-corrected chi connectivity index (χ4v) is 5.63. The van der Waals surface area contributed by atoms with Crippen LogP contribution in [0, 0.1) is 5.92 Å². The molecule has 1 aliphatic carbocycles. The van der Waals surface area contributed by atoms with Crippen LogP contribution in [0.2, 0.25) is 5.02 Å². The second kappa shape index (κ2) is 10.6. The van der Waals surface area contributed by atoms with Crippen LogP contribution in [-0.4, -0.2) is 50.3 Å². The molecule has 0 unspecified atom stereocenters. The number of piperidine rings is 1. The van der Waals surface area contributed by atoms with Gasteiger partial charge in [0.2, 0.25) is 10.0 Å². The Morgan fingerprint density at radius 2 is 1.60 bits per heavy atom. The lowest BCUT2D eigenvalue weighted by Crippen LogP contribution is -2.41. The molecule has 1 saturated heterocycles. The maximum atomic E-state index is 12.7. The summed E-state index contributed by atoms with van der Waals surface area (Å²) in [6.07, 6.45) is 7.32. The van der Waals surface area contributed by atoms with Gasteiger partial charge in [-0.25, -0.2) is 8.42 Å². The molecule has 0 spiro atoms. The third-order valence-electron chi connectivity index (χ3n) is 5.80. The van der Waals surface area contributed by atoms with Gasteiger partial charge in [-0.15, -0.1) is 0 Å². The van der Waals surface area contributed by atoms with E-state index in [2.05, 4.69) is 5.32 Å². The molecule has 1 amide bonds. The van der Waals surface area contributed by atoms with Gasteiger partial charge in [0.25, 0.3) is 5.91 Å². The first kappa shape index (κ1) is 23.0. The third-order valence-corrected chi connectivity index (χ3v) is 7.97. The van der Waals surface area contributed by atoms with Crippen molar-refractivity contribution in [1.29, 1.82) is 0 Å². The topological polar surface area (TPSA) is 92.8 Å². The second-order valence-electron chi connectivity index (χ2n) is 8.00. The molecule has 2 aliphatic rings. The number of carbonyl (C=O) groups is 2. The Hall–Kier alpha value is -1.64. The van der Waals surface area contributed by atoms with E-state index in [1.807, 2.05) is 0 Å². The summed E-state index contributed by atoms with van der Waals surface area (Å²) in [5, 5.41) is 3.42. The van der Waals surface area contributed by atoms with E-state index in [4.69, 9.17) is 16.3 Å². The standard InChI is InChI=1S/C21H29ClN2O5S/c22-17-7-9-19(10-8-17)30(27,28)24-13-11-16(12-14-24)21(26)29-15-20(25)23-18-5-3-1-2-4-6-18/h7-10,16,18H,1-6,11-15H2,(H,23,25). The number of esters is 1. The number of sulfonamides is 1. The van der Waals surface area contributed by atoms with Gasteiger partial charge < -0.3 is 10.1 Å². The number of amides is 1. The molecule has 0 aromatic heterocycles. The summed E-state index contributed by atoms with van der Waals surface area (Å²) in [4.78, 5) is 24.6. The Bertz CT molecular complexity index is 827. The molecule has 0 radical (unpaired) electrons. The molecule has 0 atom stereocenters. The highest BCUT2D eigenvalue weighted by atomic mass is 35.5. The molecule has 1 aliphatic heterocycles. The number of benzene rings is 1. The van der Waals surface area contributed by atoms with E-state index in [1.54, 1.807) is 12.1 Å². The molecule has 3 rings (SSSR count). The van der Waals surface area contributed by atoms with Crippen molar-refractivity contribution in [2.45, 2.75) is 62.3 Å². The first-order valence-electron chi connectivity index (χ1n) is 10.6. The van der Waals surface area contributed by atoms with E-state index in [0.29, 0.717) is 17.9 Å². The van der Waals surface area contributed by atoms with Crippen molar-refractivity contribution in [3.63, 3.8) is 0 Å². The number of rotatable bonds is 6. The van der Waals surface area contributed by atoms with Gasteiger partial charge in [-0.2, -0.15) is 4.31 Å². The van der Waals surface area contributed by atoms with Gasteiger partial charge in [0.05, 0.1) is 10.8 Å². The fraction of sp³-hybridized carbons (Fsp3) is 0.619. The Balaban J connectivity index is 1.43. The van der Waals surface area contributed by atoms with E-state index in [9.17, 15) is 18.0 Å². The van der Waals surface area contributed by atoms with Crippen LogP contribution in [0.1, 0.15) is 51.4 Å². The zero-order valence-electron chi connectivity index (χ0n) is 17.0. The Morgan fingerprint density at radius 1 is 1.00 bits per heavy atom. The molecule has 1 aromatic carbocycles. The van der Waals surface area contributed by atoms with E-state index < -0.39 is 21.9 Å². The monoisotopic (exact) mass is 456 g/mol. The smallest absolute Gasteiger partial charge is 0.309 e. The predicted octanol–water partition coefficient (Wildman–Crippen LogP) is 3.12. The number of carbonyl (C=O) groups excluding carboxylic acids is 2. The van der Waals surface area contributed by atoms with Crippen LogP contribution in [-0.2, 0) is 24.3 Å². The highest BCUT2D eigenvalue weighted by Gasteiger charge is 2.33. The van der Waals surface area contributed by atoms with Crippen molar-refractivity contribution in [1.82, 2.24) is 9.62 Å². The number of nitrogens with zero attached hydrogens (tertiary/aromatic N) is 1. The van der Waals surface area contributed by atoms with Crippen molar-refractivity contribution < 1.29 is 22.7 Å². The van der Waals surface area contributed by atoms with Crippen molar-refractivity contribution >= 4 is 33.5 Å². The van der Waals surface area contributed by atoms with Crippen LogP contribution in [0.25, 0.3) is 0 Å². The number of hydrogen-bond acceptors (Lipinski definition) is 5. The normalized spacial score (nSPS) is 19.8. The van der Waals surface area contributed by atoms with Gasteiger partial charge in [-0.3, -0.25) is 9.59 Å². The third kappa shape index (κ3) is 6.18. The molecule has 0 bridgehead atoms. The second-order valence-corrected chi connectivity index (χ2v) is 10.4. The van der Waals surface area contributed by atoms with Gasteiger partial charge in [-0.1, -0.05) is 37.3 Å². The molecule has 1 aromatic rings. The molecule has 9 heteroatoms. The highest BCUT2D eigenvalue weighted by molar-refractivity contribution is 7.89. The molecule has 166 valence electrons. The average molecular weight is 457 g/mol. The molecule has 2 fully saturated rings. The Morgan fingerprint density at radius 3 is 2.20 bits per heavy atom. The van der Waals surface area contributed by atoms with Gasteiger partial charge in [-0.05, 0) is 49.9 Å². The molecule has 1 saturated carbocycles. The number of halogens is 1. The van der Waals surface area contributed by atoms with Gasteiger partial charge >= 0.3 is 5.97 Å². The maximum Gasteiger partial charge on any atom is 0.309 e. The Labute approximate surface area is 183 Å². The largest absolute Gasteiger partial charge is 0.455 e. The lowest BCUT2D eigenvalue weighted by molar-refractivity contribution is -0.153. The molecule has 7 nitrogen and oxygen atoms in total. The zero-order chi connectivity index (χ0) is 21.6. The summed E-state index contributed by atoms with van der Waals surface area (Å²) < 4.78 is 32.0. The fourth-order valence-electron chi connectivity index (χ4n) is 4.04. The molecule has 1 N–H and O–H groups in total. The van der Waals surface area contributed by atoms with E-state index in [0.717, 1.165) is 25.7 Å². The van der Waals surface area contributed by atoms with Crippen LogP contribution in [0.15, 0.2) is 29.2 Å². The minimum Gasteiger partial charge on any atom is -0.455 e. The van der Waals surface area contributed by atoms with Crippen LogP contribution in [0.5, 0.6) is 0 Å².